The second-order valence-corrected chi connectivity index (χ2v) is 8.36. The summed E-state index contributed by atoms with van der Waals surface area (Å²) >= 11 is 0. The van der Waals surface area contributed by atoms with Crippen LogP contribution in [0.5, 0.6) is 0 Å². The van der Waals surface area contributed by atoms with Crippen LogP contribution in [0.4, 0.5) is 0 Å². The molecule has 2 heterocycles. The maximum absolute atomic E-state index is 12.9. The topological polar surface area (TPSA) is 58.6 Å². The molecule has 5 nitrogen and oxygen atoms in total. The number of hydrogen-bond acceptors (Lipinski definition) is 3. The third-order valence-electron chi connectivity index (χ3n) is 5.34. The number of rotatable bonds is 1. The normalized spacial score (nSPS) is 34.0. The molecule has 1 fully saturated rings. The van der Waals surface area contributed by atoms with E-state index >= 15 is 0 Å². The number of piperidine rings is 1. The van der Waals surface area contributed by atoms with E-state index in [0.717, 1.165) is 31.4 Å². The first-order valence-corrected chi connectivity index (χ1v) is 8.63. The van der Waals surface area contributed by atoms with Gasteiger partial charge in [-0.1, -0.05) is 0 Å². The maximum Gasteiger partial charge on any atom is 0.238 e. The van der Waals surface area contributed by atoms with Crippen molar-refractivity contribution in [3.63, 3.8) is 0 Å². The number of carbonyl (C=O) groups excluding carboxylic acids is 2. The third-order valence-corrected chi connectivity index (χ3v) is 5.34. The lowest BCUT2D eigenvalue weighted by atomic mass is 9.70. The molecule has 1 N–H and O–H groups in total. The van der Waals surface area contributed by atoms with Gasteiger partial charge in [-0.2, -0.15) is 0 Å². The highest BCUT2D eigenvalue weighted by atomic mass is 16.5. The zero-order chi connectivity index (χ0) is 17.0. The lowest BCUT2D eigenvalue weighted by Crippen LogP contribution is -2.64. The van der Waals surface area contributed by atoms with E-state index in [1.807, 2.05) is 27.7 Å². The Kier molecular flexibility index (Phi) is 3.73. The first kappa shape index (κ1) is 16.3. The van der Waals surface area contributed by atoms with Gasteiger partial charge in [-0.05, 0) is 52.5 Å². The van der Waals surface area contributed by atoms with Crippen molar-refractivity contribution in [3.8, 4) is 0 Å². The zero-order valence-corrected chi connectivity index (χ0v) is 14.9. The molecule has 3 unspecified atom stereocenters. The fourth-order valence-electron chi connectivity index (χ4n) is 4.13. The molecule has 0 spiro atoms. The summed E-state index contributed by atoms with van der Waals surface area (Å²) in [7, 11) is 1.75. The van der Waals surface area contributed by atoms with Crippen molar-refractivity contribution in [1.29, 1.82) is 0 Å². The van der Waals surface area contributed by atoms with Crippen molar-refractivity contribution in [2.75, 3.05) is 7.05 Å². The van der Waals surface area contributed by atoms with Crippen LogP contribution >= 0.6 is 0 Å². The van der Waals surface area contributed by atoms with E-state index < -0.39 is 11.6 Å². The van der Waals surface area contributed by atoms with Gasteiger partial charge in [0.2, 0.25) is 11.8 Å². The zero-order valence-electron chi connectivity index (χ0n) is 14.9. The Balaban J connectivity index is 1.99. The molecule has 0 radical (unpaired) electrons. The molecule has 0 saturated carbocycles. The molecule has 2 bridgehead atoms. The minimum absolute atomic E-state index is 0.0184. The van der Waals surface area contributed by atoms with E-state index in [1.54, 1.807) is 11.9 Å². The molecule has 0 aromatic heterocycles. The maximum atomic E-state index is 12.9. The molecule has 128 valence electrons. The molecule has 2 amide bonds. The second kappa shape index (κ2) is 5.25. The number of allylic oxidation sites excluding steroid dienone is 2. The molecule has 0 aromatic carbocycles. The molecule has 5 heteroatoms. The van der Waals surface area contributed by atoms with Gasteiger partial charge >= 0.3 is 0 Å². The summed E-state index contributed by atoms with van der Waals surface area (Å²) < 4.78 is 6.21. The van der Waals surface area contributed by atoms with Crippen molar-refractivity contribution in [2.45, 2.75) is 71.1 Å². The van der Waals surface area contributed by atoms with Gasteiger partial charge in [0.05, 0.1) is 5.76 Å². The Bertz CT molecular complexity index is 575. The summed E-state index contributed by atoms with van der Waals surface area (Å²) in [5.41, 5.74) is 0.256. The lowest BCUT2D eigenvalue weighted by molar-refractivity contribution is -0.189. The Morgan fingerprint density at radius 1 is 1.30 bits per heavy atom. The monoisotopic (exact) mass is 320 g/mol. The predicted octanol–water partition coefficient (Wildman–Crippen LogP) is 2.57. The van der Waals surface area contributed by atoms with Gasteiger partial charge in [0.15, 0.2) is 5.72 Å². The van der Waals surface area contributed by atoms with Crippen LogP contribution in [0, 0.1) is 11.8 Å². The van der Waals surface area contributed by atoms with Gasteiger partial charge in [0, 0.05) is 31.3 Å². The average Bonchev–Trinajstić information content (AvgIpc) is 2.43. The van der Waals surface area contributed by atoms with Crippen molar-refractivity contribution in [1.82, 2.24) is 10.2 Å². The molecule has 0 aromatic rings. The van der Waals surface area contributed by atoms with E-state index in [-0.39, 0.29) is 23.3 Å². The fraction of sp³-hybridized carbons (Fsp3) is 0.778. The van der Waals surface area contributed by atoms with Gasteiger partial charge in [0.25, 0.3) is 0 Å². The number of fused-ring (bicyclic) bond motifs is 3. The van der Waals surface area contributed by atoms with Crippen molar-refractivity contribution >= 4 is 11.8 Å². The first-order chi connectivity index (χ1) is 10.6. The number of amides is 2. The Hall–Kier alpha value is -1.52. The van der Waals surface area contributed by atoms with E-state index in [4.69, 9.17) is 4.74 Å². The van der Waals surface area contributed by atoms with Crippen LogP contribution in [0.1, 0.15) is 59.8 Å². The SMILES string of the molecule is CN1C(=O)C(C(=O)NC(C)(C)C)C2CC1(C)OC1=C2CCCC1. The molecule has 1 saturated heterocycles. The number of carbonyl (C=O) groups is 2. The third kappa shape index (κ3) is 2.74. The van der Waals surface area contributed by atoms with E-state index in [9.17, 15) is 9.59 Å². The molecule has 3 atom stereocenters. The quantitative estimate of drug-likeness (QED) is 0.756. The lowest BCUT2D eigenvalue weighted by Gasteiger charge is -2.53. The minimum Gasteiger partial charge on any atom is -0.473 e. The molecule has 23 heavy (non-hydrogen) atoms. The standard InChI is InChI=1S/C18H28N2O3/c1-17(2,3)19-15(21)14-12-10-18(4,20(5)16(14)22)23-13-9-7-6-8-11(12)13/h12,14H,6-10H2,1-5H3,(H,19,21). The van der Waals surface area contributed by atoms with Gasteiger partial charge in [-0.25, -0.2) is 0 Å². The molecule has 3 rings (SSSR count). The van der Waals surface area contributed by atoms with Crippen LogP contribution in [-0.4, -0.2) is 35.0 Å². The van der Waals surface area contributed by atoms with Crippen LogP contribution < -0.4 is 5.32 Å². The molecular formula is C18H28N2O3. The number of nitrogens with zero attached hydrogens (tertiary/aromatic N) is 1. The highest BCUT2D eigenvalue weighted by Gasteiger charge is 2.55. The predicted molar refractivity (Wildman–Crippen MR) is 87.2 cm³/mol. The van der Waals surface area contributed by atoms with Crippen LogP contribution in [-0.2, 0) is 14.3 Å². The largest absolute Gasteiger partial charge is 0.473 e. The molecule has 1 aliphatic carbocycles. The smallest absolute Gasteiger partial charge is 0.238 e. The van der Waals surface area contributed by atoms with Gasteiger partial charge in [-0.15, -0.1) is 0 Å². The van der Waals surface area contributed by atoms with Crippen LogP contribution in [0.25, 0.3) is 0 Å². The Labute approximate surface area is 138 Å². The van der Waals surface area contributed by atoms with Crippen molar-refractivity contribution < 1.29 is 14.3 Å². The first-order valence-electron chi connectivity index (χ1n) is 8.63. The highest BCUT2D eigenvalue weighted by molar-refractivity contribution is 6.02. The summed E-state index contributed by atoms with van der Waals surface area (Å²) in [6.45, 7) is 7.80. The summed E-state index contributed by atoms with van der Waals surface area (Å²) in [4.78, 5) is 27.4. The highest BCUT2D eigenvalue weighted by Crippen LogP contribution is 2.49. The van der Waals surface area contributed by atoms with Crippen molar-refractivity contribution in [2.24, 2.45) is 11.8 Å². The number of hydrogen-bond donors (Lipinski definition) is 1. The molecular weight excluding hydrogens is 292 g/mol. The number of ether oxygens (including phenoxy) is 1. The van der Waals surface area contributed by atoms with E-state index in [0.29, 0.717) is 6.42 Å². The summed E-state index contributed by atoms with van der Waals surface area (Å²) in [5.74, 6) is 0.112. The van der Waals surface area contributed by atoms with Crippen molar-refractivity contribution in [3.05, 3.63) is 11.3 Å². The fourth-order valence-corrected chi connectivity index (χ4v) is 4.13. The van der Waals surface area contributed by atoms with Crippen LogP contribution in [0.2, 0.25) is 0 Å². The summed E-state index contributed by atoms with van der Waals surface area (Å²) in [6, 6.07) is 0. The van der Waals surface area contributed by atoms with E-state index in [2.05, 4.69) is 5.32 Å². The van der Waals surface area contributed by atoms with Gasteiger partial charge in [0.1, 0.15) is 5.92 Å². The number of likely N-dealkylation sites (tertiary alicyclic amines) is 1. The van der Waals surface area contributed by atoms with Gasteiger partial charge < -0.3 is 15.0 Å². The second-order valence-electron chi connectivity index (χ2n) is 8.36. The van der Waals surface area contributed by atoms with Crippen LogP contribution in [0.3, 0.4) is 0 Å². The summed E-state index contributed by atoms with van der Waals surface area (Å²) in [6.07, 6.45) is 4.82. The van der Waals surface area contributed by atoms with Gasteiger partial charge in [-0.3, -0.25) is 9.59 Å². The minimum atomic E-state index is -0.626. The Morgan fingerprint density at radius 3 is 2.61 bits per heavy atom. The average molecular weight is 320 g/mol. The molecule has 3 aliphatic rings. The Morgan fingerprint density at radius 2 is 1.96 bits per heavy atom. The van der Waals surface area contributed by atoms with E-state index in [1.165, 1.54) is 5.57 Å². The van der Waals surface area contributed by atoms with Crippen LogP contribution in [0.15, 0.2) is 11.3 Å². The molecule has 2 aliphatic heterocycles. The number of nitrogens with one attached hydrogen (secondary N) is 1. The summed E-state index contributed by atoms with van der Waals surface area (Å²) in [5, 5.41) is 3.00.